The fourth-order valence-corrected chi connectivity index (χ4v) is 3.09. The minimum atomic E-state index is -0.615. The molecule has 4 rings (SSSR count). The van der Waals surface area contributed by atoms with Gasteiger partial charge in [0.15, 0.2) is 10.9 Å². The predicted octanol–water partition coefficient (Wildman–Crippen LogP) is 5.20. The average molecular weight is 406 g/mol. The summed E-state index contributed by atoms with van der Waals surface area (Å²) >= 11 is 5.96. The number of benzene rings is 2. The number of carbonyl (C=O) groups excluding carboxylic acids is 1. The molecule has 0 radical (unpaired) electrons. The minimum absolute atomic E-state index is 0.0626. The zero-order valence-electron chi connectivity index (χ0n) is 15.6. The number of nitriles is 1. The van der Waals surface area contributed by atoms with E-state index >= 15 is 0 Å². The van der Waals surface area contributed by atoms with Crippen LogP contribution < -0.4 is 9.47 Å². The predicted molar refractivity (Wildman–Crippen MR) is 106 cm³/mol. The van der Waals surface area contributed by atoms with Crippen molar-refractivity contribution < 1.29 is 14.3 Å². The number of nitrogens with zero attached hydrogens (tertiary/aromatic N) is 3. The van der Waals surface area contributed by atoms with Crippen molar-refractivity contribution in [3.8, 4) is 23.4 Å². The Morgan fingerprint density at radius 2 is 1.93 bits per heavy atom. The van der Waals surface area contributed by atoms with Crippen LogP contribution in [0.1, 0.15) is 45.8 Å². The molecule has 1 heterocycles. The third-order valence-corrected chi connectivity index (χ3v) is 4.79. The first kappa shape index (κ1) is 18.9. The summed E-state index contributed by atoms with van der Waals surface area (Å²) in [7, 11) is 0. The molecule has 6 nitrogen and oxygen atoms in total. The maximum absolute atomic E-state index is 12.5. The SMILES string of the molecule is Cc1cccc(C2CC2)c1Oc1nnc(Cl)cc1OC(=O)c1ccc(C#N)cc1. The zero-order chi connectivity index (χ0) is 20.4. The van der Waals surface area contributed by atoms with E-state index in [1.165, 1.54) is 18.2 Å². The molecule has 1 fully saturated rings. The third kappa shape index (κ3) is 4.20. The highest BCUT2D eigenvalue weighted by Gasteiger charge is 2.28. The number of hydrogen-bond donors (Lipinski definition) is 0. The van der Waals surface area contributed by atoms with Gasteiger partial charge >= 0.3 is 5.97 Å². The normalized spacial score (nSPS) is 12.9. The standard InChI is InChI=1S/C22H16ClN3O3/c1-13-3-2-4-17(15-9-10-15)20(13)29-21-18(11-19(23)25-26-21)28-22(27)16-7-5-14(12-24)6-8-16/h2-8,11,15H,9-10H2,1H3. The van der Waals surface area contributed by atoms with Gasteiger partial charge in [-0.15, -0.1) is 10.2 Å². The molecule has 0 aliphatic heterocycles. The number of aromatic nitrogens is 2. The first-order valence-corrected chi connectivity index (χ1v) is 9.46. The molecule has 0 bridgehead atoms. The topological polar surface area (TPSA) is 85.1 Å². The van der Waals surface area contributed by atoms with Crippen LogP contribution in [0.5, 0.6) is 17.4 Å². The fourth-order valence-electron chi connectivity index (χ4n) is 2.95. The van der Waals surface area contributed by atoms with Gasteiger partial charge in [-0.25, -0.2) is 4.79 Å². The molecule has 7 heteroatoms. The van der Waals surface area contributed by atoms with Crippen LogP contribution in [0.2, 0.25) is 5.15 Å². The molecule has 3 aromatic rings. The van der Waals surface area contributed by atoms with Gasteiger partial charge in [0, 0.05) is 6.07 Å². The maximum atomic E-state index is 12.5. The summed E-state index contributed by atoms with van der Waals surface area (Å²) in [5, 5.41) is 16.8. The molecule has 0 saturated heterocycles. The van der Waals surface area contributed by atoms with Gasteiger partial charge in [0.1, 0.15) is 5.75 Å². The molecule has 1 aliphatic carbocycles. The van der Waals surface area contributed by atoms with Gasteiger partial charge in [-0.3, -0.25) is 0 Å². The number of rotatable bonds is 5. The number of esters is 1. The molecule has 0 N–H and O–H groups in total. The maximum Gasteiger partial charge on any atom is 0.343 e. The summed E-state index contributed by atoms with van der Waals surface area (Å²) in [5.41, 5.74) is 2.80. The number of hydrogen-bond acceptors (Lipinski definition) is 6. The van der Waals surface area contributed by atoms with Crippen LogP contribution in [0, 0.1) is 18.3 Å². The Morgan fingerprint density at radius 3 is 2.62 bits per heavy atom. The van der Waals surface area contributed by atoms with Gasteiger partial charge in [-0.05, 0) is 61.1 Å². The summed E-state index contributed by atoms with van der Waals surface area (Å²) in [4.78, 5) is 12.5. The van der Waals surface area contributed by atoms with E-state index in [1.807, 2.05) is 31.2 Å². The highest BCUT2D eigenvalue weighted by Crippen LogP contribution is 2.46. The van der Waals surface area contributed by atoms with Crippen LogP contribution in [0.3, 0.4) is 0 Å². The van der Waals surface area contributed by atoms with Gasteiger partial charge in [-0.2, -0.15) is 5.26 Å². The van der Waals surface area contributed by atoms with Crippen molar-refractivity contribution in [2.75, 3.05) is 0 Å². The smallest absolute Gasteiger partial charge is 0.343 e. The van der Waals surface area contributed by atoms with Gasteiger partial charge in [-0.1, -0.05) is 29.8 Å². The van der Waals surface area contributed by atoms with E-state index in [1.54, 1.807) is 12.1 Å². The van der Waals surface area contributed by atoms with Gasteiger partial charge in [0.2, 0.25) is 0 Å². The van der Waals surface area contributed by atoms with E-state index < -0.39 is 5.97 Å². The van der Waals surface area contributed by atoms with Gasteiger partial charge in [0.25, 0.3) is 5.88 Å². The van der Waals surface area contributed by atoms with Crippen molar-refractivity contribution >= 4 is 17.6 Å². The van der Waals surface area contributed by atoms with E-state index in [2.05, 4.69) is 10.2 Å². The largest absolute Gasteiger partial charge is 0.434 e. The second kappa shape index (κ2) is 7.90. The van der Waals surface area contributed by atoms with E-state index in [4.69, 9.17) is 26.3 Å². The highest BCUT2D eigenvalue weighted by atomic mass is 35.5. The van der Waals surface area contributed by atoms with Crippen molar-refractivity contribution in [3.05, 3.63) is 75.9 Å². The second-order valence-electron chi connectivity index (χ2n) is 6.78. The fraction of sp³-hybridized carbons (Fsp3) is 0.182. The molecular formula is C22H16ClN3O3. The Morgan fingerprint density at radius 1 is 1.17 bits per heavy atom. The van der Waals surface area contributed by atoms with E-state index in [-0.39, 0.29) is 22.3 Å². The first-order chi connectivity index (χ1) is 14.0. The van der Waals surface area contributed by atoms with Crippen molar-refractivity contribution in [3.63, 3.8) is 0 Å². The zero-order valence-corrected chi connectivity index (χ0v) is 16.3. The Balaban J connectivity index is 1.63. The monoisotopic (exact) mass is 405 g/mol. The molecule has 144 valence electrons. The lowest BCUT2D eigenvalue weighted by Gasteiger charge is -2.14. The van der Waals surface area contributed by atoms with Crippen LogP contribution in [0.4, 0.5) is 0 Å². The summed E-state index contributed by atoms with van der Waals surface area (Å²) in [6.45, 7) is 1.95. The molecule has 1 saturated carbocycles. The molecule has 0 atom stereocenters. The minimum Gasteiger partial charge on any atom is -0.434 e. The molecule has 0 spiro atoms. The van der Waals surface area contributed by atoms with Crippen LogP contribution in [-0.2, 0) is 0 Å². The van der Waals surface area contributed by atoms with Crippen LogP contribution in [-0.4, -0.2) is 16.2 Å². The second-order valence-corrected chi connectivity index (χ2v) is 7.17. The molecule has 0 unspecified atom stereocenters. The number of para-hydroxylation sites is 1. The number of halogens is 1. The molecule has 1 aromatic heterocycles. The number of aryl methyl sites for hydroxylation is 1. The molecule has 29 heavy (non-hydrogen) atoms. The molecule has 1 aliphatic rings. The van der Waals surface area contributed by atoms with E-state index in [0.717, 1.165) is 24.0 Å². The van der Waals surface area contributed by atoms with Crippen LogP contribution >= 0.6 is 11.6 Å². The van der Waals surface area contributed by atoms with Crippen LogP contribution in [0.25, 0.3) is 0 Å². The first-order valence-electron chi connectivity index (χ1n) is 9.08. The summed E-state index contributed by atoms with van der Waals surface area (Å²) < 4.78 is 11.5. The Hall–Kier alpha value is -3.43. The highest BCUT2D eigenvalue weighted by molar-refractivity contribution is 6.29. The lowest BCUT2D eigenvalue weighted by Crippen LogP contribution is -2.10. The molecule has 2 aromatic carbocycles. The Kier molecular flexibility index (Phi) is 5.15. The quantitative estimate of drug-likeness (QED) is 0.542. The number of ether oxygens (including phenoxy) is 2. The lowest BCUT2D eigenvalue weighted by atomic mass is 10.1. The molecule has 0 amide bonds. The lowest BCUT2D eigenvalue weighted by molar-refractivity contribution is 0.0729. The Bertz CT molecular complexity index is 1120. The van der Waals surface area contributed by atoms with Gasteiger partial charge < -0.3 is 9.47 Å². The summed E-state index contributed by atoms with van der Waals surface area (Å²) in [6.07, 6.45) is 2.24. The molecular weight excluding hydrogens is 390 g/mol. The van der Waals surface area contributed by atoms with Crippen molar-refractivity contribution in [2.24, 2.45) is 0 Å². The van der Waals surface area contributed by atoms with E-state index in [0.29, 0.717) is 17.2 Å². The summed E-state index contributed by atoms with van der Waals surface area (Å²) in [5.74, 6) is 0.685. The number of carbonyl (C=O) groups is 1. The van der Waals surface area contributed by atoms with Crippen molar-refractivity contribution in [2.45, 2.75) is 25.7 Å². The van der Waals surface area contributed by atoms with Crippen molar-refractivity contribution in [1.29, 1.82) is 5.26 Å². The third-order valence-electron chi connectivity index (χ3n) is 4.61. The van der Waals surface area contributed by atoms with E-state index in [9.17, 15) is 4.79 Å². The summed E-state index contributed by atoms with van der Waals surface area (Å²) in [6, 6.07) is 15.5. The average Bonchev–Trinajstić information content (AvgIpc) is 3.56. The van der Waals surface area contributed by atoms with Crippen molar-refractivity contribution in [1.82, 2.24) is 10.2 Å². The van der Waals surface area contributed by atoms with Gasteiger partial charge in [0.05, 0.1) is 17.2 Å². The van der Waals surface area contributed by atoms with Crippen LogP contribution in [0.15, 0.2) is 48.5 Å². The Labute approximate surface area is 172 Å².